The Hall–Kier alpha value is -0.920. The Kier molecular flexibility index (Phi) is 8.15. The quantitative estimate of drug-likeness (QED) is 0.399. The molecule has 0 N–H and O–H groups in total. The Morgan fingerprint density at radius 1 is 0.741 bits per heavy atom. The van der Waals surface area contributed by atoms with Crippen molar-refractivity contribution in [3.63, 3.8) is 0 Å². The first-order valence-corrected chi connectivity index (χ1v) is 11.6. The molecule has 0 bridgehead atoms. The summed E-state index contributed by atoms with van der Waals surface area (Å²) in [5.74, 6) is 1.79. The molecule has 0 nitrogen and oxygen atoms in total. The van der Waals surface area contributed by atoms with E-state index >= 15 is 0 Å². The lowest BCUT2D eigenvalue weighted by Gasteiger charge is -2.38. The zero-order chi connectivity index (χ0) is 19.1. The van der Waals surface area contributed by atoms with Crippen molar-refractivity contribution >= 4 is 0 Å². The first kappa shape index (κ1) is 20.8. The van der Waals surface area contributed by atoms with E-state index in [0.29, 0.717) is 5.92 Å². The fourth-order valence-electron chi connectivity index (χ4n) is 5.68. The Balaban J connectivity index is 1.36. The summed E-state index contributed by atoms with van der Waals surface area (Å²) >= 11 is 0. The number of halogens is 2. The van der Waals surface area contributed by atoms with Crippen molar-refractivity contribution in [2.24, 2.45) is 17.8 Å². The maximum absolute atomic E-state index is 13.5. The fourth-order valence-corrected chi connectivity index (χ4v) is 5.68. The molecule has 0 atom stereocenters. The largest absolute Gasteiger partial charge is 0.204 e. The van der Waals surface area contributed by atoms with E-state index in [9.17, 15) is 8.78 Å². The van der Waals surface area contributed by atoms with Gasteiger partial charge in [0.1, 0.15) is 0 Å². The van der Waals surface area contributed by atoms with Gasteiger partial charge in [-0.2, -0.15) is 0 Å². The lowest BCUT2D eigenvalue weighted by atomic mass is 9.68. The third-order valence-corrected chi connectivity index (χ3v) is 7.46. The van der Waals surface area contributed by atoms with E-state index in [0.717, 1.165) is 36.2 Å². The topological polar surface area (TPSA) is 0 Å². The van der Waals surface area contributed by atoms with Crippen LogP contribution < -0.4 is 0 Å². The van der Waals surface area contributed by atoms with E-state index in [2.05, 4.69) is 6.92 Å². The van der Waals surface area contributed by atoms with Crippen LogP contribution in [0.3, 0.4) is 0 Å². The Morgan fingerprint density at radius 3 is 2.00 bits per heavy atom. The number of unbranched alkanes of at least 4 members (excludes halogenated alkanes) is 4. The molecule has 0 heterocycles. The summed E-state index contributed by atoms with van der Waals surface area (Å²) in [6.45, 7) is 2.28. The zero-order valence-electron chi connectivity index (χ0n) is 17.2. The van der Waals surface area contributed by atoms with Crippen LogP contribution in [0, 0.1) is 29.4 Å². The van der Waals surface area contributed by atoms with Crippen LogP contribution in [-0.4, -0.2) is 0 Å². The van der Waals surface area contributed by atoms with Crippen LogP contribution in [-0.2, 0) is 0 Å². The van der Waals surface area contributed by atoms with Gasteiger partial charge in [-0.1, -0.05) is 64.4 Å². The van der Waals surface area contributed by atoms with E-state index in [-0.39, 0.29) is 0 Å². The van der Waals surface area contributed by atoms with Gasteiger partial charge in [0, 0.05) is 0 Å². The number of hydrogen-bond donors (Lipinski definition) is 0. The van der Waals surface area contributed by atoms with E-state index in [1.165, 1.54) is 89.2 Å². The minimum absolute atomic E-state index is 0.427. The first-order chi connectivity index (χ1) is 13.2. The molecule has 0 amide bonds. The molecule has 0 aliphatic heterocycles. The highest BCUT2D eigenvalue weighted by Crippen LogP contribution is 2.44. The molecule has 1 aromatic carbocycles. The lowest BCUT2D eigenvalue weighted by molar-refractivity contribution is 0.155. The van der Waals surface area contributed by atoms with Gasteiger partial charge in [0.2, 0.25) is 0 Å². The molecule has 0 aromatic heterocycles. The van der Waals surface area contributed by atoms with E-state index < -0.39 is 11.6 Å². The van der Waals surface area contributed by atoms with E-state index in [4.69, 9.17) is 0 Å². The molecule has 0 saturated heterocycles. The molecule has 27 heavy (non-hydrogen) atoms. The second-order valence-electron chi connectivity index (χ2n) is 9.27. The van der Waals surface area contributed by atoms with Gasteiger partial charge >= 0.3 is 0 Å². The average Bonchev–Trinajstić information content (AvgIpc) is 2.71. The molecule has 152 valence electrons. The SMILES string of the molecule is CCCCCCC[C@H]1CC[C@H](C2CCC(c3ccc(F)c(F)c3)CC2)CC1. The van der Waals surface area contributed by atoms with Gasteiger partial charge in [-0.3, -0.25) is 0 Å². The van der Waals surface area contributed by atoms with Gasteiger partial charge in [-0.05, 0) is 79.9 Å². The molecule has 2 fully saturated rings. The van der Waals surface area contributed by atoms with Gasteiger partial charge in [-0.25, -0.2) is 8.78 Å². The molecule has 3 rings (SSSR count). The standard InChI is InChI=1S/C25H38F2/c1-2-3-4-5-6-7-19-8-10-20(11-9-19)21-12-14-22(15-13-21)23-16-17-24(26)25(27)18-23/h16-22H,2-15H2,1H3/t19-,20-,21?,22?. The van der Waals surface area contributed by atoms with Crippen molar-refractivity contribution in [2.75, 3.05) is 0 Å². The molecule has 2 saturated carbocycles. The van der Waals surface area contributed by atoms with Crippen LogP contribution in [0.2, 0.25) is 0 Å². The Labute approximate surface area is 165 Å². The van der Waals surface area contributed by atoms with Crippen LogP contribution in [0.1, 0.15) is 108 Å². The summed E-state index contributed by atoms with van der Waals surface area (Å²) in [6.07, 6.45) is 19.1. The number of benzene rings is 1. The van der Waals surface area contributed by atoms with Crippen LogP contribution >= 0.6 is 0 Å². The molecular formula is C25H38F2. The van der Waals surface area contributed by atoms with Crippen LogP contribution in [0.25, 0.3) is 0 Å². The summed E-state index contributed by atoms with van der Waals surface area (Å²) in [7, 11) is 0. The maximum Gasteiger partial charge on any atom is 0.159 e. The highest BCUT2D eigenvalue weighted by molar-refractivity contribution is 5.22. The smallest absolute Gasteiger partial charge is 0.159 e. The summed E-state index contributed by atoms with van der Waals surface area (Å²) < 4.78 is 26.7. The van der Waals surface area contributed by atoms with Crippen LogP contribution in [0.15, 0.2) is 18.2 Å². The zero-order valence-corrected chi connectivity index (χ0v) is 17.2. The van der Waals surface area contributed by atoms with Crippen molar-refractivity contribution in [3.05, 3.63) is 35.4 Å². The predicted molar refractivity (Wildman–Crippen MR) is 110 cm³/mol. The lowest BCUT2D eigenvalue weighted by Crippen LogP contribution is -2.25. The first-order valence-electron chi connectivity index (χ1n) is 11.6. The minimum Gasteiger partial charge on any atom is -0.204 e. The van der Waals surface area contributed by atoms with Gasteiger partial charge in [0.15, 0.2) is 11.6 Å². The van der Waals surface area contributed by atoms with Crippen LogP contribution in [0.4, 0.5) is 8.78 Å². The maximum atomic E-state index is 13.5. The number of hydrogen-bond acceptors (Lipinski definition) is 0. The van der Waals surface area contributed by atoms with Gasteiger partial charge in [-0.15, -0.1) is 0 Å². The third-order valence-electron chi connectivity index (χ3n) is 7.46. The van der Waals surface area contributed by atoms with Crippen molar-refractivity contribution in [2.45, 2.75) is 103 Å². The van der Waals surface area contributed by atoms with Gasteiger partial charge < -0.3 is 0 Å². The number of rotatable bonds is 8. The van der Waals surface area contributed by atoms with Crippen LogP contribution in [0.5, 0.6) is 0 Å². The molecular weight excluding hydrogens is 338 g/mol. The molecule has 0 radical (unpaired) electrons. The third kappa shape index (κ3) is 6.03. The van der Waals surface area contributed by atoms with Gasteiger partial charge in [0.05, 0.1) is 0 Å². The second kappa shape index (κ2) is 10.6. The molecule has 2 aliphatic rings. The van der Waals surface area contributed by atoms with E-state index in [1.807, 2.05) is 0 Å². The second-order valence-corrected chi connectivity index (χ2v) is 9.27. The normalized spacial score (nSPS) is 29.0. The summed E-state index contributed by atoms with van der Waals surface area (Å²) in [4.78, 5) is 0. The van der Waals surface area contributed by atoms with Gasteiger partial charge in [0.25, 0.3) is 0 Å². The Bertz CT molecular complexity index is 551. The van der Waals surface area contributed by atoms with Crippen molar-refractivity contribution in [1.82, 2.24) is 0 Å². The highest BCUT2D eigenvalue weighted by Gasteiger charge is 2.31. The fraction of sp³-hybridized carbons (Fsp3) is 0.760. The monoisotopic (exact) mass is 376 g/mol. The summed E-state index contributed by atoms with van der Waals surface area (Å²) in [5.41, 5.74) is 0.999. The van der Waals surface area contributed by atoms with Crippen molar-refractivity contribution < 1.29 is 8.78 Å². The highest BCUT2D eigenvalue weighted by atomic mass is 19.2. The summed E-state index contributed by atoms with van der Waals surface area (Å²) in [6, 6.07) is 4.50. The van der Waals surface area contributed by atoms with Crippen molar-refractivity contribution in [1.29, 1.82) is 0 Å². The summed E-state index contributed by atoms with van der Waals surface area (Å²) in [5, 5.41) is 0. The molecule has 0 unspecified atom stereocenters. The minimum atomic E-state index is -0.727. The molecule has 0 spiro atoms. The van der Waals surface area contributed by atoms with Crippen molar-refractivity contribution in [3.8, 4) is 0 Å². The molecule has 2 heteroatoms. The molecule has 1 aromatic rings. The Morgan fingerprint density at radius 2 is 1.37 bits per heavy atom. The average molecular weight is 377 g/mol. The molecule has 2 aliphatic carbocycles. The van der Waals surface area contributed by atoms with E-state index in [1.54, 1.807) is 6.07 Å². The predicted octanol–water partition coefficient (Wildman–Crippen LogP) is 8.41.